The molecule has 0 aromatic heterocycles. The average molecular weight is 257 g/mol. The number of hydrogen-bond acceptors (Lipinski definition) is 2. The predicted molar refractivity (Wildman–Crippen MR) is 72.0 cm³/mol. The Bertz CT molecular complexity index is 299. The van der Waals surface area contributed by atoms with Crippen LogP contribution in [0.1, 0.15) is 53.9 Å². The number of amides is 1. The summed E-state index contributed by atoms with van der Waals surface area (Å²) in [6.45, 7) is 9.69. The Morgan fingerprint density at radius 3 is 2.00 bits per heavy atom. The van der Waals surface area contributed by atoms with Crippen LogP contribution in [0, 0.1) is 23.2 Å². The molecule has 0 aliphatic rings. The molecular weight excluding hydrogens is 230 g/mol. The summed E-state index contributed by atoms with van der Waals surface area (Å²) in [5.41, 5.74) is 4.92. The van der Waals surface area contributed by atoms with Crippen LogP contribution in [0.15, 0.2) is 0 Å². The predicted octanol–water partition coefficient (Wildman–Crippen LogP) is 2.66. The molecule has 0 aliphatic carbocycles. The Kier molecular flexibility index (Phi) is 6.36. The van der Waals surface area contributed by atoms with Crippen LogP contribution in [0.4, 0.5) is 0 Å². The summed E-state index contributed by atoms with van der Waals surface area (Å²) in [5.74, 6) is -1.72. The number of rotatable bonds is 8. The molecule has 0 saturated heterocycles. The molecule has 0 rings (SSSR count). The lowest BCUT2D eigenvalue weighted by Crippen LogP contribution is -2.39. The van der Waals surface area contributed by atoms with Gasteiger partial charge in [0.2, 0.25) is 5.91 Å². The second-order valence-electron chi connectivity index (χ2n) is 5.90. The van der Waals surface area contributed by atoms with Crippen molar-refractivity contribution in [2.45, 2.75) is 53.9 Å². The first kappa shape index (κ1) is 16.9. The minimum atomic E-state index is -0.784. The molecule has 3 N–H and O–H groups in total. The van der Waals surface area contributed by atoms with Crippen molar-refractivity contribution in [2.75, 3.05) is 0 Å². The molecule has 0 radical (unpaired) electrons. The van der Waals surface area contributed by atoms with Gasteiger partial charge in [-0.3, -0.25) is 9.59 Å². The molecule has 0 aliphatic heterocycles. The normalized spacial score (nSPS) is 16.9. The molecule has 4 heteroatoms. The van der Waals surface area contributed by atoms with Crippen LogP contribution in [0.2, 0.25) is 0 Å². The van der Waals surface area contributed by atoms with Crippen molar-refractivity contribution in [2.24, 2.45) is 28.9 Å². The topological polar surface area (TPSA) is 80.4 Å². The van der Waals surface area contributed by atoms with E-state index < -0.39 is 17.3 Å². The largest absolute Gasteiger partial charge is 0.481 e. The van der Waals surface area contributed by atoms with Gasteiger partial charge in [-0.05, 0) is 24.2 Å². The summed E-state index contributed by atoms with van der Waals surface area (Å²) >= 11 is 0. The molecule has 4 nitrogen and oxygen atoms in total. The van der Waals surface area contributed by atoms with E-state index in [1.807, 2.05) is 34.6 Å². The zero-order valence-corrected chi connectivity index (χ0v) is 12.2. The Morgan fingerprint density at radius 1 is 1.22 bits per heavy atom. The summed E-state index contributed by atoms with van der Waals surface area (Å²) in [6, 6.07) is 0. The van der Waals surface area contributed by atoms with Crippen LogP contribution >= 0.6 is 0 Å². The highest BCUT2D eigenvalue weighted by Crippen LogP contribution is 2.40. The van der Waals surface area contributed by atoms with Gasteiger partial charge in [0.05, 0.1) is 5.92 Å². The summed E-state index contributed by atoms with van der Waals surface area (Å²) in [6.07, 6.45) is 2.00. The van der Waals surface area contributed by atoms with Crippen LogP contribution in [-0.4, -0.2) is 17.0 Å². The quantitative estimate of drug-likeness (QED) is 0.701. The van der Waals surface area contributed by atoms with E-state index in [-0.39, 0.29) is 17.7 Å². The highest BCUT2D eigenvalue weighted by atomic mass is 16.4. The van der Waals surface area contributed by atoms with E-state index in [9.17, 15) is 14.7 Å². The molecule has 0 fully saturated rings. The van der Waals surface area contributed by atoms with Crippen molar-refractivity contribution < 1.29 is 14.7 Å². The van der Waals surface area contributed by atoms with Gasteiger partial charge in [0.1, 0.15) is 0 Å². The third-order valence-electron chi connectivity index (χ3n) is 3.99. The van der Waals surface area contributed by atoms with Crippen molar-refractivity contribution >= 4 is 11.9 Å². The fraction of sp³-hybridized carbons (Fsp3) is 0.857. The number of aliphatic carboxylic acids is 1. The molecule has 106 valence electrons. The molecule has 0 aromatic carbocycles. The minimum absolute atomic E-state index is 0.0860. The molecule has 3 atom stereocenters. The van der Waals surface area contributed by atoms with Crippen LogP contribution in [-0.2, 0) is 9.59 Å². The summed E-state index contributed by atoms with van der Waals surface area (Å²) in [4.78, 5) is 22.8. The molecule has 3 unspecified atom stereocenters. The van der Waals surface area contributed by atoms with Gasteiger partial charge in [-0.2, -0.15) is 0 Å². The van der Waals surface area contributed by atoms with Gasteiger partial charge in [-0.25, -0.2) is 0 Å². The average Bonchev–Trinajstić information content (AvgIpc) is 2.24. The Hall–Kier alpha value is -1.06. The van der Waals surface area contributed by atoms with Gasteiger partial charge >= 0.3 is 5.97 Å². The summed E-state index contributed by atoms with van der Waals surface area (Å²) in [7, 11) is 0. The first-order chi connectivity index (χ1) is 8.17. The molecule has 0 aromatic rings. The van der Waals surface area contributed by atoms with E-state index in [0.717, 1.165) is 6.42 Å². The SMILES string of the molecule is CCC(CC(C)(C)C(C(=O)O)C(C)CC)C(N)=O. The monoisotopic (exact) mass is 257 g/mol. The van der Waals surface area contributed by atoms with E-state index >= 15 is 0 Å². The van der Waals surface area contributed by atoms with Crippen LogP contribution in [0.3, 0.4) is 0 Å². The molecule has 0 bridgehead atoms. The fourth-order valence-corrected chi connectivity index (χ4v) is 2.79. The maximum Gasteiger partial charge on any atom is 0.307 e. The third kappa shape index (κ3) is 4.31. The van der Waals surface area contributed by atoms with Crippen molar-refractivity contribution in [3.05, 3.63) is 0 Å². The number of carboxylic acid groups (broad SMARTS) is 1. The molecule has 1 amide bonds. The van der Waals surface area contributed by atoms with Crippen LogP contribution in [0.5, 0.6) is 0 Å². The van der Waals surface area contributed by atoms with Gasteiger partial charge in [0.25, 0.3) is 0 Å². The van der Waals surface area contributed by atoms with E-state index in [1.54, 1.807) is 0 Å². The molecule has 18 heavy (non-hydrogen) atoms. The maximum atomic E-state index is 11.5. The highest BCUT2D eigenvalue weighted by molar-refractivity contribution is 5.77. The number of primary amides is 1. The lowest BCUT2D eigenvalue weighted by Gasteiger charge is -2.37. The zero-order valence-electron chi connectivity index (χ0n) is 12.2. The fourth-order valence-electron chi connectivity index (χ4n) is 2.79. The van der Waals surface area contributed by atoms with Gasteiger partial charge in [0.15, 0.2) is 0 Å². The van der Waals surface area contributed by atoms with E-state index in [2.05, 4.69) is 0 Å². The summed E-state index contributed by atoms with van der Waals surface area (Å²) in [5, 5.41) is 9.42. The smallest absolute Gasteiger partial charge is 0.307 e. The van der Waals surface area contributed by atoms with Gasteiger partial charge in [-0.15, -0.1) is 0 Å². The molecule has 0 spiro atoms. The number of hydrogen-bond donors (Lipinski definition) is 2. The lowest BCUT2D eigenvalue weighted by molar-refractivity contribution is -0.149. The standard InChI is InChI=1S/C14H27NO3/c1-6-9(3)11(13(17)18)14(4,5)8-10(7-2)12(15)16/h9-11H,6-8H2,1-5H3,(H2,15,16)(H,17,18). The Balaban J connectivity index is 5.05. The van der Waals surface area contributed by atoms with Crippen LogP contribution < -0.4 is 5.73 Å². The summed E-state index contributed by atoms with van der Waals surface area (Å²) < 4.78 is 0. The number of carbonyl (C=O) groups is 2. The third-order valence-corrected chi connectivity index (χ3v) is 3.99. The van der Waals surface area contributed by atoms with Gasteiger partial charge in [0, 0.05) is 5.92 Å². The minimum Gasteiger partial charge on any atom is -0.481 e. The Labute approximate surface area is 110 Å². The second kappa shape index (κ2) is 6.76. The number of carboxylic acids is 1. The maximum absolute atomic E-state index is 11.5. The molecule has 0 saturated carbocycles. The van der Waals surface area contributed by atoms with Crippen molar-refractivity contribution in [1.82, 2.24) is 0 Å². The highest BCUT2D eigenvalue weighted by Gasteiger charge is 2.40. The van der Waals surface area contributed by atoms with Crippen molar-refractivity contribution in [1.29, 1.82) is 0 Å². The van der Waals surface area contributed by atoms with Crippen LogP contribution in [0.25, 0.3) is 0 Å². The first-order valence-corrected chi connectivity index (χ1v) is 6.69. The van der Waals surface area contributed by atoms with E-state index in [1.165, 1.54) is 0 Å². The Morgan fingerprint density at radius 2 is 1.72 bits per heavy atom. The lowest BCUT2D eigenvalue weighted by atomic mass is 9.67. The zero-order chi connectivity index (χ0) is 14.5. The first-order valence-electron chi connectivity index (χ1n) is 6.69. The van der Waals surface area contributed by atoms with E-state index in [4.69, 9.17) is 5.73 Å². The number of nitrogens with two attached hydrogens (primary N) is 1. The molecular formula is C14H27NO3. The number of carbonyl (C=O) groups excluding carboxylic acids is 1. The molecule has 0 heterocycles. The van der Waals surface area contributed by atoms with Gasteiger partial charge < -0.3 is 10.8 Å². The van der Waals surface area contributed by atoms with Crippen molar-refractivity contribution in [3.63, 3.8) is 0 Å². The van der Waals surface area contributed by atoms with Gasteiger partial charge in [-0.1, -0.05) is 41.0 Å². The van der Waals surface area contributed by atoms with Crippen molar-refractivity contribution in [3.8, 4) is 0 Å². The van der Waals surface area contributed by atoms with E-state index in [0.29, 0.717) is 12.8 Å². The second-order valence-corrected chi connectivity index (χ2v) is 5.90.